The van der Waals surface area contributed by atoms with Crippen LogP contribution >= 0.6 is 0 Å². The Labute approximate surface area is 267 Å². The Kier molecular flexibility index (Phi) is 9.65. The van der Waals surface area contributed by atoms with Gasteiger partial charge in [0.05, 0.1) is 30.1 Å². The average Bonchev–Trinajstić information content (AvgIpc) is 3.62. The molecule has 3 heterocycles. The summed E-state index contributed by atoms with van der Waals surface area (Å²) in [5, 5.41) is 10.7. The number of hydrogen-bond acceptors (Lipinski definition) is 5. The summed E-state index contributed by atoms with van der Waals surface area (Å²) >= 11 is 0. The number of nitrogens with zero attached hydrogens (tertiary/aromatic N) is 3. The van der Waals surface area contributed by atoms with E-state index in [1.807, 2.05) is 81.4 Å². The molecule has 5 rings (SSSR count). The standard InChI is InChI=1S/C37H47N3O5/c1-6-21-38(23-27-15-11-9-12-16-27)33(42)30-31-34(43)40(29(25-41)26(4)8-3)32(37(31)20-19-36(30,5)45-37)35(44)39(22-7-2)24-28-17-13-10-14-18-28/h6-7,9-18,26,29-32,41H,1-2,8,19-25H2,3-5H3/t26-,29-,30-,31-,32?,36+,37?/m0/s1. The largest absolute Gasteiger partial charge is 0.394 e. The molecule has 0 aliphatic carbocycles. The Balaban J connectivity index is 1.58. The van der Waals surface area contributed by atoms with Crippen LogP contribution in [0.2, 0.25) is 0 Å². The summed E-state index contributed by atoms with van der Waals surface area (Å²) in [4.78, 5) is 49.2. The highest BCUT2D eigenvalue weighted by molar-refractivity contribution is 5.99. The highest BCUT2D eigenvalue weighted by Gasteiger charge is 2.79. The maximum atomic E-state index is 14.8. The van der Waals surface area contributed by atoms with Crippen molar-refractivity contribution in [3.8, 4) is 0 Å². The van der Waals surface area contributed by atoms with Crippen LogP contribution in [0.5, 0.6) is 0 Å². The third-order valence-corrected chi connectivity index (χ3v) is 10.3. The molecule has 3 fully saturated rings. The third kappa shape index (κ3) is 5.74. The molecule has 2 aromatic rings. The predicted octanol–water partition coefficient (Wildman–Crippen LogP) is 4.59. The molecule has 3 aliphatic rings. The van der Waals surface area contributed by atoms with E-state index in [9.17, 15) is 19.5 Å². The predicted molar refractivity (Wildman–Crippen MR) is 174 cm³/mol. The number of fused-ring (bicyclic) bond motifs is 1. The molecule has 8 heteroatoms. The molecule has 240 valence electrons. The Bertz CT molecular complexity index is 1400. The molecule has 3 saturated heterocycles. The van der Waals surface area contributed by atoms with Crippen molar-refractivity contribution < 1.29 is 24.2 Å². The van der Waals surface area contributed by atoms with Gasteiger partial charge in [-0.15, -0.1) is 13.2 Å². The summed E-state index contributed by atoms with van der Waals surface area (Å²) in [5.74, 6) is -2.41. The lowest BCUT2D eigenvalue weighted by molar-refractivity contribution is -0.158. The number of aliphatic hydroxyl groups is 1. The van der Waals surface area contributed by atoms with E-state index >= 15 is 0 Å². The molecular formula is C37H47N3O5. The maximum Gasteiger partial charge on any atom is 0.249 e. The van der Waals surface area contributed by atoms with Crippen molar-refractivity contribution in [1.82, 2.24) is 14.7 Å². The molecule has 45 heavy (non-hydrogen) atoms. The second kappa shape index (κ2) is 13.3. The summed E-state index contributed by atoms with van der Waals surface area (Å²) < 4.78 is 6.91. The fourth-order valence-corrected chi connectivity index (χ4v) is 7.94. The van der Waals surface area contributed by atoms with Crippen LogP contribution in [0.1, 0.15) is 51.2 Å². The fourth-order valence-electron chi connectivity index (χ4n) is 7.94. The van der Waals surface area contributed by atoms with E-state index in [-0.39, 0.29) is 36.8 Å². The van der Waals surface area contributed by atoms with Crippen molar-refractivity contribution in [2.75, 3.05) is 19.7 Å². The van der Waals surface area contributed by atoms with E-state index in [0.717, 1.165) is 11.1 Å². The fraction of sp³-hybridized carbons (Fsp3) is 0.486. The molecule has 0 saturated carbocycles. The molecule has 2 unspecified atom stereocenters. The number of ether oxygens (including phenoxy) is 1. The SMILES string of the molecule is C=CCN(Cc1ccccc1)C(=O)C1N([C@@H](CO)[C@@H](C)CC)C(=O)[C@@H]2[C@@H](C(=O)N(CC=C)Cc3ccccc3)[C@@]3(C)CCC12O3. The normalized spacial score (nSPS) is 28.0. The van der Waals surface area contributed by atoms with E-state index < -0.39 is 35.1 Å². The third-order valence-electron chi connectivity index (χ3n) is 10.3. The molecule has 3 amide bonds. The van der Waals surface area contributed by atoms with Crippen LogP contribution in [0.4, 0.5) is 0 Å². The van der Waals surface area contributed by atoms with Crippen molar-refractivity contribution in [2.24, 2.45) is 17.8 Å². The van der Waals surface area contributed by atoms with Gasteiger partial charge in [-0.25, -0.2) is 0 Å². The van der Waals surface area contributed by atoms with Gasteiger partial charge in [-0.05, 0) is 36.8 Å². The molecule has 1 N–H and O–H groups in total. The highest BCUT2D eigenvalue weighted by Crippen LogP contribution is 2.64. The minimum atomic E-state index is -1.19. The molecule has 3 aliphatic heterocycles. The van der Waals surface area contributed by atoms with Crippen LogP contribution in [0.3, 0.4) is 0 Å². The molecule has 2 bridgehead atoms. The zero-order valence-electron chi connectivity index (χ0n) is 26.8. The molecule has 8 nitrogen and oxygen atoms in total. The summed E-state index contributed by atoms with van der Waals surface area (Å²) in [7, 11) is 0. The van der Waals surface area contributed by atoms with Gasteiger partial charge in [-0.3, -0.25) is 14.4 Å². The van der Waals surface area contributed by atoms with Gasteiger partial charge in [0.15, 0.2) is 0 Å². The van der Waals surface area contributed by atoms with E-state index in [2.05, 4.69) is 13.2 Å². The van der Waals surface area contributed by atoms with Crippen molar-refractivity contribution in [3.05, 3.63) is 97.1 Å². The first-order chi connectivity index (χ1) is 21.7. The van der Waals surface area contributed by atoms with Gasteiger partial charge in [0.1, 0.15) is 11.6 Å². The van der Waals surface area contributed by atoms with Gasteiger partial charge in [-0.1, -0.05) is 93.1 Å². The van der Waals surface area contributed by atoms with Gasteiger partial charge < -0.3 is 24.5 Å². The quantitative estimate of drug-likeness (QED) is 0.315. The number of aliphatic hydroxyl groups excluding tert-OH is 1. The average molecular weight is 614 g/mol. The summed E-state index contributed by atoms with van der Waals surface area (Å²) in [6.45, 7) is 14.7. The lowest BCUT2D eigenvalue weighted by Crippen LogP contribution is -2.59. The Hall–Kier alpha value is -3.75. The maximum absolute atomic E-state index is 14.8. The molecule has 7 atom stereocenters. The molecule has 1 spiro atoms. The first-order valence-electron chi connectivity index (χ1n) is 16.2. The van der Waals surface area contributed by atoms with E-state index in [0.29, 0.717) is 38.9 Å². The topological polar surface area (TPSA) is 90.4 Å². The highest BCUT2D eigenvalue weighted by atomic mass is 16.5. The number of hydrogen-bond donors (Lipinski definition) is 1. The number of likely N-dealkylation sites (tertiary alicyclic amines) is 1. The summed E-state index contributed by atoms with van der Waals surface area (Å²) in [6.07, 6.45) is 5.11. The molecule has 0 aromatic heterocycles. The lowest BCUT2D eigenvalue weighted by atomic mass is 9.66. The van der Waals surface area contributed by atoms with Crippen molar-refractivity contribution in [1.29, 1.82) is 0 Å². The smallest absolute Gasteiger partial charge is 0.249 e. The lowest BCUT2D eigenvalue weighted by Gasteiger charge is -2.41. The first-order valence-corrected chi connectivity index (χ1v) is 16.2. The summed E-state index contributed by atoms with van der Waals surface area (Å²) in [5.41, 5.74) is -0.170. The molecular weight excluding hydrogens is 566 g/mol. The van der Waals surface area contributed by atoms with E-state index in [1.165, 1.54) is 0 Å². The van der Waals surface area contributed by atoms with Crippen molar-refractivity contribution >= 4 is 17.7 Å². The number of benzene rings is 2. The zero-order chi connectivity index (χ0) is 32.4. The summed E-state index contributed by atoms with van der Waals surface area (Å²) in [6, 6.07) is 17.9. The second-order valence-electron chi connectivity index (χ2n) is 13.1. The molecule has 2 aromatic carbocycles. The zero-order valence-corrected chi connectivity index (χ0v) is 26.8. The van der Waals surface area contributed by atoms with Crippen LogP contribution in [-0.2, 0) is 32.2 Å². The Morgan fingerprint density at radius 1 is 0.978 bits per heavy atom. The van der Waals surface area contributed by atoms with Crippen LogP contribution in [0.15, 0.2) is 86.0 Å². The minimum Gasteiger partial charge on any atom is -0.394 e. The second-order valence-corrected chi connectivity index (χ2v) is 13.1. The first kappa shape index (κ1) is 32.6. The number of carbonyl (C=O) groups excluding carboxylic acids is 3. The van der Waals surface area contributed by atoms with Crippen LogP contribution in [0, 0.1) is 17.8 Å². The van der Waals surface area contributed by atoms with Gasteiger partial charge >= 0.3 is 0 Å². The van der Waals surface area contributed by atoms with Gasteiger partial charge in [0.25, 0.3) is 0 Å². The number of rotatable bonds is 14. The van der Waals surface area contributed by atoms with Crippen LogP contribution < -0.4 is 0 Å². The van der Waals surface area contributed by atoms with Gasteiger partial charge in [0.2, 0.25) is 17.7 Å². The Morgan fingerprint density at radius 2 is 1.51 bits per heavy atom. The van der Waals surface area contributed by atoms with E-state index in [4.69, 9.17) is 4.74 Å². The van der Waals surface area contributed by atoms with Gasteiger partial charge in [-0.2, -0.15) is 0 Å². The van der Waals surface area contributed by atoms with Crippen molar-refractivity contribution in [2.45, 2.75) is 76.4 Å². The van der Waals surface area contributed by atoms with Gasteiger partial charge in [0, 0.05) is 26.2 Å². The minimum absolute atomic E-state index is 0.0799. The van der Waals surface area contributed by atoms with Crippen LogP contribution in [0.25, 0.3) is 0 Å². The molecule has 0 radical (unpaired) electrons. The van der Waals surface area contributed by atoms with Crippen LogP contribution in [-0.4, -0.2) is 80.5 Å². The number of amides is 3. The number of carbonyl (C=O) groups is 3. The van der Waals surface area contributed by atoms with Crippen molar-refractivity contribution in [3.63, 3.8) is 0 Å². The monoisotopic (exact) mass is 613 g/mol. The van der Waals surface area contributed by atoms with E-state index in [1.54, 1.807) is 26.9 Å². The Morgan fingerprint density at radius 3 is 2.00 bits per heavy atom.